The highest BCUT2D eigenvalue weighted by Crippen LogP contribution is 2.45. The van der Waals surface area contributed by atoms with Gasteiger partial charge < -0.3 is 15.0 Å². The maximum Gasteiger partial charge on any atom is 0.326 e. The topological polar surface area (TPSA) is 74.2 Å². The van der Waals surface area contributed by atoms with Crippen LogP contribution in [0, 0.1) is 6.92 Å². The first kappa shape index (κ1) is 27.0. The van der Waals surface area contributed by atoms with Gasteiger partial charge in [-0.2, -0.15) is 0 Å². The summed E-state index contributed by atoms with van der Waals surface area (Å²) in [4.78, 5) is 35.0. The predicted octanol–water partition coefficient (Wildman–Crippen LogP) is 6.19. The normalized spacial score (nSPS) is 19.2. The molecule has 1 N–H and O–H groups in total. The van der Waals surface area contributed by atoms with E-state index in [2.05, 4.69) is 5.32 Å². The SMILES string of the molecule is Cc1ccc(C2=N[C@@H](c3ccc(Cl)cc3)[C@@H](c3ccc(Cl)cc3)N2C(=O)N2CCNC(=O)C2)c(OC(C)C)c1. The summed E-state index contributed by atoms with van der Waals surface area (Å²) >= 11 is 12.5. The molecule has 1 saturated heterocycles. The van der Waals surface area contributed by atoms with Crippen LogP contribution in [0.1, 0.15) is 48.2 Å². The van der Waals surface area contributed by atoms with Gasteiger partial charge in [0.15, 0.2) is 0 Å². The van der Waals surface area contributed by atoms with Crippen LogP contribution in [0.4, 0.5) is 4.79 Å². The lowest BCUT2D eigenvalue weighted by Gasteiger charge is -2.36. The number of hydrogen-bond acceptors (Lipinski definition) is 4. The van der Waals surface area contributed by atoms with Crippen molar-refractivity contribution in [3.8, 4) is 5.75 Å². The second kappa shape index (κ2) is 11.3. The van der Waals surface area contributed by atoms with Gasteiger partial charge in [-0.3, -0.25) is 14.7 Å². The molecule has 1 fully saturated rings. The van der Waals surface area contributed by atoms with Gasteiger partial charge in [0.1, 0.15) is 24.2 Å². The quantitative estimate of drug-likeness (QED) is 0.401. The number of halogens is 2. The molecule has 7 nitrogen and oxygen atoms in total. The van der Waals surface area contributed by atoms with Crippen molar-refractivity contribution >= 4 is 41.0 Å². The average molecular weight is 566 g/mol. The molecule has 2 aliphatic heterocycles. The summed E-state index contributed by atoms with van der Waals surface area (Å²) in [5.41, 5.74) is 3.51. The molecule has 0 aliphatic carbocycles. The summed E-state index contributed by atoms with van der Waals surface area (Å²) < 4.78 is 6.21. The number of carbonyl (C=O) groups is 2. The van der Waals surface area contributed by atoms with Crippen molar-refractivity contribution in [1.82, 2.24) is 15.1 Å². The molecule has 3 aromatic carbocycles. The maximum absolute atomic E-state index is 14.3. The Labute approximate surface area is 238 Å². The van der Waals surface area contributed by atoms with Crippen molar-refractivity contribution in [2.75, 3.05) is 19.6 Å². The van der Waals surface area contributed by atoms with Crippen LogP contribution in [0.25, 0.3) is 0 Å². The van der Waals surface area contributed by atoms with Crippen molar-refractivity contribution < 1.29 is 14.3 Å². The second-order valence-corrected chi connectivity index (χ2v) is 10.9. The van der Waals surface area contributed by atoms with Crippen molar-refractivity contribution in [1.29, 1.82) is 0 Å². The van der Waals surface area contributed by atoms with Crippen LogP contribution < -0.4 is 10.1 Å². The molecule has 0 unspecified atom stereocenters. The van der Waals surface area contributed by atoms with Gasteiger partial charge in [-0.25, -0.2) is 4.79 Å². The van der Waals surface area contributed by atoms with Crippen LogP contribution in [-0.2, 0) is 4.79 Å². The Morgan fingerprint density at radius 2 is 1.64 bits per heavy atom. The van der Waals surface area contributed by atoms with E-state index in [0.29, 0.717) is 40.3 Å². The summed E-state index contributed by atoms with van der Waals surface area (Å²) in [5.74, 6) is 0.940. The zero-order chi connectivity index (χ0) is 27.7. The number of carbonyl (C=O) groups excluding carboxylic acids is 2. The molecular formula is C30H30Cl2N4O3. The lowest BCUT2D eigenvalue weighted by molar-refractivity contribution is -0.123. The minimum absolute atomic E-state index is 0.0230. The Morgan fingerprint density at radius 3 is 2.26 bits per heavy atom. The number of hydrogen-bond donors (Lipinski definition) is 1. The van der Waals surface area contributed by atoms with Gasteiger partial charge in [-0.05, 0) is 73.9 Å². The zero-order valence-electron chi connectivity index (χ0n) is 22.0. The van der Waals surface area contributed by atoms with Crippen LogP contribution in [0.2, 0.25) is 10.0 Å². The Morgan fingerprint density at radius 1 is 1.00 bits per heavy atom. The fourth-order valence-electron chi connectivity index (χ4n) is 4.97. The largest absolute Gasteiger partial charge is 0.490 e. The number of ether oxygens (including phenoxy) is 1. The van der Waals surface area contributed by atoms with Gasteiger partial charge in [0.2, 0.25) is 5.91 Å². The molecule has 0 bridgehead atoms. The van der Waals surface area contributed by atoms with Crippen molar-refractivity contribution in [3.63, 3.8) is 0 Å². The first-order valence-corrected chi connectivity index (χ1v) is 13.7. The number of piperazine rings is 1. The fraction of sp³-hybridized carbons (Fsp3) is 0.300. The highest BCUT2D eigenvalue weighted by molar-refractivity contribution is 6.30. The molecule has 0 aromatic heterocycles. The van der Waals surface area contributed by atoms with E-state index < -0.39 is 12.1 Å². The Balaban J connectivity index is 1.70. The summed E-state index contributed by atoms with van der Waals surface area (Å²) in [6, 6.07) is 19.6. The molecule has 2 atom stereocenters. The van der Waals surface area contributed by atoms with Crippen LogP contribution >= 0.6 is 23.2 Å². The zero-order valence-corrected chi connectivity index (χ0v) is 23.5. The number of nitrogens with one attached hydrogen (secondary N) is 1. The lowest BCUT2D eigenvalue weighted by atomic mass is 9.93. The number of aryl methyl sites for hydroxylation is 1. The smallest absolute Gasteiger partial charge is 0.326 e. The summed E-state index contributed by atoms with van der Waals surface area (Å²) in [5, 5.41) is 4.01. The van der Waals surface area contributed by atoms with Crippen LogP contribution in [-0.4, -0.2) is 53.3 Å². The first-order valence-electron chi connectivity index (χ1n) is 12.9. The van der Waals surface area contributed by atoms with Gasteiger partial charge in [0, 0.05) is 23.1 Å². The minimum Gasteiger partial charge on any atom is -0.490 e. The molecule has 202 valence electrons. The maximum atomic E-state index is 14.3. The Kier molecular flexibility index (Phi) is 7.82. The molecule has 2 aliphatic rings. The van der Waals surface area contributed by atoms with Crippen molar-refractivity contribution in [3.05, 3.63) is 99.0 Å². The van der Waals surface area contributed by atoms with Gasteiger partial charge in [0.05, 0.1) is 17.7 Å². The Hall–Kier alpha value is -3.55. The van der Waals surface area contributed by atoms with E-state index in [9.17, 15) is 9.59 Å². The minimum atomic E-state index is -0.496. The lowest BCUT2D eigenvalue weighted by Crippen LogP contribution is -2.55. The van der Waals surface area contributed by atoms with E-state index in [0.717, 1.165) is 16.7 Å². The van der Waals surface area contributed by atoms with Gasteiger partial charge >= 0.3 is 6.03 Å². The molecule has 9 heteroatoms. The van der Waals surface area contributed by atoms with E-state index >= 15 is 0 Å². The van der Waals surface area contributed by atoms with Crippen LogP contribution in [0.15, 0.2) is 71.7 Å². The summed E-state index contributed by atoms with van der Waals surface area (Å²) in [6.45, 7) is 6.69. The van der Waals surface area contributed by atoms with Crippen LogP contribution in [0.5, 0.6) is 5.75 Å². The van der Waals surface area contributed by atoms with E-state index in [1.54, 1.807) is 9.80 Å². The number of rotatable bonds is 5. The monoisotopic (exact) mass is 564 g/mol. The van der Waals surface area contributed by atoms with Crippen LogP contribution in [0.3, 0.4) is 0 Å². The molecule has 3 aromatic rings. The van der Waals surface area contributed by atoms with Gasteiger partial charge in [-0.15, -0.1) is 0 Å². The molecule has 0 radical (unpaired) electrons. The third-order valence-electron chi connectivity index (χ3n) is 6.75. The molecule has 0 saturated carbocycles. The summed E-state index contributed by atoms with van der Waals surface area (Å²) in [7, 11) is 0. The second-order valence-electron chi connectivity index (χ2n) is 10.0. The highest BCUT2D eigenvalue weighted by atomic mass is 35.5. The first-order chi connectivity index (χ1) is 18.7. The van der Waals surface area contributed by atoms with Crippen molar-refractivity contribution in [2.45, 2.75) is 39.0 Å². The molecular weight excluding hydrogens is 535 g/mol. The fourth-order valence-corrected chi connectivity index (χ4v) is 5.23. The average Bonchev–Trinajstić information content (AvgIpc) is 3.29. The number of amidine groups is 1. The van der Waals surface area contributed by atoms with Gasteiger partial charge in [-0.1, -0.05) is 53.5 Å². The van der Waals surface area contributed by atoms with Crippen molar-refractivity contribution in [2.24, 2.45) is 4.99 Å². The molecule has 0 spiro atoms. The Bertz CT molecular complexity index is 1410. The third-order valence-corrected chi connectivity index (χ3v) is 7.25. The number of urea groups is 1. The standard InChI is InChI=1S/C30H30Cl2N4O3/c1-18(2)39-25-16-19(3)4-13-24(25)29-34-27(20-5-9-22(31)10-6-20)28(21-7-11-23(32)12-8-21)36(29)30(38)35-15-14-33-26(37)17-35/h4-13,16,18,27-28H,14-15,17H2,1-3H3,(H,33,37)/t27-,28+/m0/s1. The molecule has 39 heavy (non-hydrogen) atoms. The van der Waals surface area contributed by atoms with E-state index in [4.69, 9.17) is 32.9 Å². The summed E-state index contributed by atoms with van der Waals surface area (Å²) in [6.07, 6.45) is -0.0818. The number of benzene rings is 3. The highest BCUT2D eigenvalue weighted by Gasteiger charge is 2.45. The number of amides is 3. The molecule has 5 rings (SSSR count). The van der Waals surface area contributed by atoms with E-state index in [1.807, 2.05) is 87.5 Å². The number of aliphatic imine (C=N–C) groups is 1. The molecule has 3 amide bonds. The van der Waals surface area contributed by atoms with E-state index in [-0.39, 0.29) is 24.6 Å². The van der Waals surface area contributed by atoms with E-state index in [1.165, 1.54) is 0 Å². The third kappa shape index (κ3) is 5.75. The van der Waals surface area contributed by atoms with Gasteiger partial charge in [0.25, 0.3) is 0 Å². The molecule has 2 heterocycles. The predicted molar refractivity (Wildman–Crippen MR) is 154 cm³/mol. The number of nitrogens with zero attached hydrogens (tertiary/aromatic N) is 3.